The van der Waals surface area contributed by atoms with Crippen molar-refractivity contribution in [2.45, 2.75) is 32.9 Å². The topological polar surface area (TPSA) is 50.7 Å². The fourth-order valence-corrected chi connectivity index (χ4v) is 2.27. The van der Waals surface area contributed by atoms with Crippen LogP contribution in [0.3, 0.4) is 0 Å². The van der Waals surface area contributed by atoms with Crippen LogP contribution in [0.5, 0.6) is 11.5 Å². The molecule has 0 saturated carbocycles. The number of para-hydroxylation sites is 1. The summed E-state index contributed by atoms with van der Waals surface area (Å²) in [6.45, 7) is 6.71. The van der Waals surface area contributed by atoms with Crippen LogP contribution in [0.25, 0.3) is 0 Å². The van der Waals surface area contributed by atoms with E-state index < -0.39 is 0 Å². The van der Waals surface area contributed by atoms with Gasteiger partial charge in [0.05, 0.1) is 6.10 Å². The van der Waals surface area contributed by atoms with E-state index in [1.807, 2.05) is 18.2 Å². The van der Waals surface area contributed by atoms with Crippen molar-refractivity contribution in [2.75, 3.05) is 19.8 Å². The average Bonchev–Trinajstić information content (AvgIpc) is 2.38. The Balaban J connectivity index is 1.86. The first kappa shape index (κ1) is 14.2. The predicted molar refractivity (Wildman–Crippen MR) is 74.6 cm³/mol. The van der Waals surface area contributed by atoms with Gasteiger partial charge in [-0.15, -0.1) is 0 Å². The highest BCUT2D eigenvalue weighted by Gasteiger charge is 2.15. The van der Waals surface area contributed by atoms with Crippen molar-refractivity contribution < 1.29 is 14.6 Å². The molecular weight excluding hydrogens is 242 g/mol. The Hall–Kier alpha value is -1.26. The van der Waals surface area contributed by atoms with E-state index >= 15 is 0 Å². The molecule has 1 aliphatic heterocycles. The largest absolute Gasteiger partial charge is 0.486 e. The summed E-state index contributed by atoms with van der Waals surface area (Å²) in [5, 5.41) is 13.1. The molecule has 0 saturated heterocycles. The Kier molecular flexibility index (Phi) is 5.05. The van der Waals surface area contributed by atoms with Gasteiger partial charge in [-0.25, -0.2) is 0 Å². The smallest absolute Gasteiger partial charge is 0.165 e. The first-order valence-electron chi connectivity index (χ1n) is 6.93. The molecule has 1 aromatic carbocycles. The molecule has 0 fully saturated rings. The van der Waals surface area contributed by atoms with Crippen molar-refractivity contribution in [1.29, 1.82) is 0 Å². The van der Waals surface area contributed by atoms with Crippen LogP contribution in [0.1, 0.15) is 25.8 Å². The molecule has 1 atom stereocenters. The third-order valence-electron chi connectivity index (χ3n) is 3.09. The van der Waals surface area contributed by atoms with Gasteiger partial charge in [-0.2, -0.15) is 0 Å². The van der Waals surface area contributed by atoms with Gasteiger partial charge >= 0.3 is 0 Å². The zero-order valence-corrected chi connectivity index (χ0v) is 11.7. The van der Waals surface area contributed by atoms with Crippen LogP contribution in [-0.4, -0.2) is 31.0 Å². The molecule has 4 heteroatoms. The highest BCUT2D eigenvalue weighted by atomic mass is 16.6. The second-order valence-electron chi connectivity index (χ2n) is 5.36. The molecule has 0 aliphatic carbocycles. The molecule has 4 nitrogen and oxygen atoms in total. The minimum absolute atomic E-state index is 0.295. The summed E-state index contributed by atoms with van der Waals surface area (Å²) in [5.41, 5.74) is 1.08. The van der Waals surface area contributed by atoms with Crippen molar-refractivity contribution >= 4 is 0 Å². The lowest BCUT2D eigenvalue weighted by Gasteiger charge is -2.21. The fourth-order valence-electron chi connectivity index (χ4n) is 2.27. The molecule has 0 bridgehead atoms. The first-order valence-corrected chi connectivity index (χ1v) is 6.93. The molecule has 1 aromatic rings. The first-order chi connectivity index (χ1) is 9.16. The number of aliphatic hydroxyl groups is 1. The molecule has 19 heavy (non-hydrogen) atoms. The van der Waals surface area contributed by atoms with E-state index in [0.717, 1.165) is 23.5 Å². The number of rotatable bonds is 6. The number of hydrogen-bond acceptors (Lipinski definition) is 4. The monoisotopic (exact) mass is 265 g/mol. The Morgan fingerprint density at radius 1 is 1.26 bits per heavy atom. The highest BCUT2D eigenvalue weighted by molar-refractivity contribution is 5.47. The normalized spacial score (nSPS) is 15.6. The summed E-state index contributed by atoms with van der Waals surface area (Å²) < 4.78 is 11.2. The molecule has 0 amide bonds. The molecular formula is C15H23NO3. The lowest BCUT2D eigenvalue weighted by atomic mass is 10.1. The van der Waals surface area contributed by atoms with Gasteiger partial charge in [0.2, 0.25) is 0 Å². The summed E-state index contributed by atoms with van der Waals surface area (Å²) in [5.74, 6) is 2.16. The Morgan fingerprint density at radius 2 is 2.05 bits per heavy atom. The van der Waals surface area contributed by atoms with E-state index in [4.69, 9.17) is 9.47 Å². The second-order valence-corrected chi connectivity index (χ2v) is 5.36. The third-order valence-corrected chi connectivity index (χ3v) is 3.09. The van der Waals surface area contributed by atoms with Gasteiger partial charge in [-0.1, -0.05) is 26.0 Å². The molecule has 0 spiro atoms. The van der Waals surface area contributed by atoms with E-state index in [1.54, 1.807) is 0 Å². The quantitative estimate of drug-likeness (QED) is 0.825. The van der Waals surface area contributed by atoms with Gasteiger partial charge in [-0.3, -0.25) is 0 Å². The second kappa shape index (κ2) is 6.78. The standard InChI is InChI=1S/C15H23NO3/c1-11(2)8-13(17)10-16-9-12-4-3-5-14-15(12)19-7-6-18-14/h3-5,11,13,16-17H,6-10H2,1-2H3. The summed E-state index contributed by atoms with van der Waals surface area (Å²) in [7, 11) is 0. The van der Waals surface area contributed by atoms with Gasteiger partial charge in [0.1, 0.15) is 13.2 Å². The maximum Gasteiger partial charge on any atom is 0.165 e. The molecule has 0 aromatic heterocycles. The molecule has 1 aliphatic rings. The Labute approximate surface area is 114 Å². The van der Waals surface area contributed by atoms with Gasteiger partial charge in [-0.05, 0) is 18.4 Å². The summed E-state index contributed by atoms with van der Waals surface area (Å²) in [6.07, 6.45) is 0.524. The summed E-state index contributed by atoms with van der Waals surface area (Å²) in [6, 6.07) is 5.91. The maximum absolute atomic E-state index is 9.82. The number of nitrogens with one attached hydrogen (secondary N) is 1. The van der Waals surface area contributed by atoms with Gasteiger partial charge in [0.25, 0.3) is 0 Å². The zero-order valence-electron chi connectivity index (χ0n) is 11.7. The van der Waals surface area contributed by atoms with E-state index in [0.29, 0.717) is 32.2 Å². The molecule has 2 rings (SSSR count). The van der Waals surface area contributed by atoms with Gasteiger partial charge < -0.3 is 19.9 Å². The minimum atomic E-state index is -0.295. The summed E-state index contributed by atoms with van der Waals surface area (Å²) >= 11 is 0. The Bertz CT molecular complexity index is 406. The number of hydrogen-bond donors (Lipinski definition) is 2. The predicted octanol–water partition coefficient (Wildman–Crippen LogP) is 1.95. The maximum atomic E-state index is 9.82. The third kappa shape index (κ3) is 4.11. The van der Waals surface area contributed by atoms with E-state index in [1.165, 1.54) is 0 Å². The molecule has 106 valence electrons. The molecule has 1 heterocycles. The van der Waals surface area contributed by atoms with Crippen LogP contribution >= 0.6 is 0 Å². The van der Waals surface area contributed by atoms with Crippen LogP contribution in [-0.2, 0) is 6.54 Å². The van der Waals surface area contributed by atoms with Crippen molar-refractivity contribution in [1.82, 2.24) is 5.32 Å². The summed E-state index contributed by atoms with van der Waals surface area (Å²) in [4.78, 5) is 0. The van der Waals surface area contributed by atoms with E-state index in [-0.39, 0.29) is 6.10 Å². The van der Waals surface area contributed by atoms with Crippen LogP contribution in [0.4, 0.5) is 0 Å². The van der Waals surface area contributed by atoms with E-state index in [9.17, 15) is 5.11 Å². The molecule has 0 radical (unpaired) electrons. The van der Waals surface area contributed by atoms with Crippen LogP contribution in [0, 0.1) is 5.92 Å². The lowest BCUT2D eigenvalue weighted by Crippen LogP contribution is -2.28. The Morgan fingerprint density at radius 3 is 2.84 bits per heavy atom. The molecule has 2 N–H and O–H groups in total. The van der Waals surface area contributed by atoms with Gasteiger partial charge in [0, 0.05) is 18.7 Å². The SMILES string of the molecule is CC(C)CC(O)CNCc1cccc2c1OCCO2. The van der Waals surface area contributed by atoms with Crippen LogP contribution < -0.4 is 14.8 Å². The number of benzene rings is 1. The van der Waals surface area contributed by atoms with Gasteiger partial charge in [0.15, 0.2) is 11.5 Å². The van der Waals surface area contributed by atoms with Crippen LogP contribution in [0.2, 0.25) is 0 Å². The van der Waals surface area contributed by atoms with E-state index in [2.05, 4.69) is 19.2 Å². The fraction of sp³-hybridized carbons (Fsp3) is 0.600. The van der Waals surface area contributed by atoms with Crippen LogP contribution in [0.15, 0.2) is 18.2 Å². The molecule has 1 unspecified atom stereocenters. The van der Waals surface area contributed by atoms with Crippen molar-refractivity contribution in [3.8, 4) is 11.5 Å². The minimum Gasteiger partial charge on any atom is -0.486 e. The number of ether oxygens (including phenoxy) is 2. The zero-order chi connectivity index (χ0) is 13.7. The average molecular weight is 265 g/mol. The van der Waals surface area contributed by atoms with Crippen molar-refractivity contribution in [2.24, 2.45) is 5.92 Å². The lowest BCUT2D eigenvalue weighted by molar-refractivity contribution is 0.145. The van der Waals surface area contributed by atoms with Crippen molar-refractivity contribution in [3.63, 3.8) is 0 Å². The number of aliphatic hydroxyl groups excluding tert-OH is 1. The highest BCUT2D eigenvalue weighted by Crippen LogP contribution is 2.33. The number of fused-ring (bicyclic) bond motifs is 1. The van der Waals surface area contributed by atoms with Crippen molar-refractivity contribution in [3.05, 3.63) is 23.8 Å².